The predicted octanol–water partition coefficient (Wildman–Crippen LogP) is 5.55. The molecule has 4 rings (SSSR count). The van der Waals surface area contributed by atoms with Crippen LogP contribution in [-0.2, 0) is 0 Å². The van der Waals surface area contributed by atoms with Crippen molar-refractivity contribution in [2.45, 2.75) is 0 Å². The second kappa shape index (κ2) is 8.99. The molecule has 31 heavy (non-hydrogen) atoms. The summed E-state index contributed by atoms with van der Waals surface area (Å²) in [6.07, 6.45) is 0. The molecule has 2 amide bonds. The quantitative estimate of drug-likeness (QED) is 0.413. The summed E-state index contributed by atoms with van der Waals surface area (Å²) < 4.78 is 5.51. The van der Waals surface area contributed by atoms with Crippen LogP contribution in [0.2, 0.25) is 10.0 Å². The van der Waals surface area contributed by atoms with Crippen molar-refractivity contribution in [3.05, 3.63) is 94.0 Å². The zero-order valence-corrected chi connectivity index (χ0v) is 17.3. The smallest absolute Gasteiger partial charge is 0.322 e. The first-order valence-corrected chi connectivity index (χ1v) is 9.82. The molecule has 1 aromatic heterocycles. The number of aromatic nitrogens is 2. The van der Waals surface area contributed by atoms with Gasteiger partial charge in [0.05, 0.1) is 21.2 Å². The van der Waals surface area contributed by atoms with Gasteiger partial charge >= 0.3 is 6.01 Å². The molecule has 0 fully saturated rings. The first-order chi connectivity index (χ1) is 15.0. The van der Waals surface area contributed by atoms with Gasteiger partial charge < -0.3 is 9.73 Å². The van der Waals surface area contributed by atoms with Gasteiger partial charge in [-0.2, -0.15) is 0 Å². The number of halogens is 2. The fourth-order valence-electron chi connectivity index (χ4n) is 2.74. The summed E-state index contributed by atoms with van der Waals surface area (Å²) in [6, 6.07) is 20.1. The third-order valence-electron chi connectivity index (χ3n) is 4.27. The number of hydrogen-bond donors (Lipinski definition) is 2. The molecule has 1 heterocycles. The van der Waals surface area contributed by atoms with Gasteiger partial charge in [-0.25, -0.2) is 0 Å². The highest BCUT2D eigenvalue weighted by atomic mass is 35.5. The van der Waals surface area contributed by atoms with Crippen molar-refractivity contribution in [1.82, 2.24) is 10.2 Å². The van der Waals surface area contributed by atoms with E-state index < -0.39 is 5.91 Å². The average molecular weight is 453 g/mol. The molecule has 154 valence electrons. The molecule has 0 aliphatic carbocycles. The lowest BCUT2D eigenvalue weighted by Gasteiger charge is -2.07. The van der Waals surface area contributed by atoms with Gasteiger partial charge in [-0.15, -0.1) is 5.10 Å². The van der Waals surface area contributed by atoms with Gasteiger partial charge in [0.1, 0.15) is 0 Å². The second-order valence-corrected chi connectivity index (χ2v) is 7.17. The lowest BCUT2D eigenvalue weighted by Crippen LogP contribution is -2.12. The summed E-state index contributed by atoms with van der Waals surface area (Å²) in [4.78, 5) is 24.6. The van der Waals surface area contributed by atoms with Crippen LogP contribution >= 0.6 is 23.2 Å². The molecule has 2 N–H and O–H groups in total. The highest BCUT2D eigenvalue weighted by molar-refractivity contribution is 6.34. The summed E-state index contributed by atoms with van der Waals surface area (Å²) in [6.45, 7) is 0. The Labute approximate surface area is 187 Å². The van der Waals surface area contributed by atoms with E-state index in [2.05, 4.69) is 20.8 Å². The minimum atomic E-state index is -0.460. The molecule has 0 saturated carbocycles. The van der Waals surface area contributed by atoms with E-state index in [1.807, 2.05) is 0 Å². The maximum Gasteiger partial charge on any atom is 0.322 e. The second-order valence-electron chi connectivity index (χ2n) is 6.36. The molecule has 0 radical (unpaired) electrons. The van der Waals surface area contributed by atoms with Gasteiger partial charge in [-0.05, 0) is 48.5 Å². The Morgan fingerprint density at radius 3 is 1.84 bits per heavy atom. The van der Waals surface area contributed by atoms with Crippen LogP contribution in [0, 0.1) is 0 Å². The minimum Gasteiger partial charge on any atom is -0.403 e. The van der Waals surface area contributed by atoms with Crippen molar-refractivity contribution >= 4 is 46.7 Å². The van der Waals surface area contributed by atoms with Crippen molar-refractivity contribution in [3.63, 3.8) is 0 Å². The topological polar surface area (TPSA) is 97.1 Å². The molecule has 0 aliphatic rings. The third kappa shape index (κ3) is 4.74. The van der Waals surface area contributed by atoms with Crippen LogP contribution in [-0.4, -0.2) is 22.0 Å². The van der Waals surface area contributed by atoms with Gasteiger partial charge in [0.2, 0.25) is 5.89 Å². The largest absolute Gasteiger partial charge is 0.403 e. The Bertz CT molecular complexity index is 1260. The molecule has 0 unspecified atom stereocenters. The Morgan fingerprint density at radius 2 is 1.26 bits per heavy atom. The number of carbonyl (C=O) groups is 2. The molecule has 9 heteroatoms. The van der Waals surface area contributed by atoms with Crippen molar-refractivity contribution in [2.75, 3.05) is 10.6 Å². The lowest BCUT2D eigenvalue weighted by atomic mass is 10.2. The van der Waals surface area contributed by atoms with Gasteiger partial charge in [-0.3, -0.25) is 14.9 Å². The molecule has 0 aliphatic heterocycles. The van der Waals surface area contributed by atoms with Crippen molar-refractivity contribution in [2.24, 2.45) is 0 Å². The standard InChI is InChI=1S/C22H14Cl2N4O3/c23-17-7-3-1-5-15(17)19(29)25-14-11-9-13(10-12-14)21-27-28-22(31-21)26-20(30)16-6-2-4-8-18(16)24/h1-12H,(H,25,29)(H,26,28,30). The predicted molar refractivity (Wildman–Crippen MR) is 119 cm³/mol. The van der Waals surface area contributed by atoms with Crippen LogP contribution in [0.25, 0.3) is 11.5 Å². The van der Waals surface area contributed by atoms with E-state index in [0.717, 1.165) is 0 Å². The number of benzene rings is 3. The molecular weight excluding hydrogens is 439 g/mol. The van der Waals surface area contributed by atoms with Gasteiger partial charge in [-0.1, -0.05) is 52.6 Å². The molecule has 7 nitrogen and oxygen atoms in total. The SMILES string of the molecule is O=C(Nc1ccc(-c2nnc(NC(=O)c3ccccc3Cl)o2)cc1)c1ccccc1Cl. The number of anilines is 2. The molecule has 0 spiro atoms. The highest BCUT2D eigenvalue weighted by Gasteiger charge is 2.15. The van der Waals surface area contributed by atoms with Crippen LogP contribution in [0.5, 0.6) is 0 Å². The Morgan fingerprint density at radius 1 is 0.710 bits per heavy atom. The zero-order chi connectivity index (χ0) is 21.8. The summed E-state index contributed by atoms with van der Waals surface area (Å²) in [5.74, 6) is -0.572. The minimum absolute atomic E-state index is 0.0592. The molecule has 0 atom stereocenters. The van der Waals surface area contributed by atoms with Crippen molar-refractivity contribution in [1.29, 1.82) is 0 Å². The van der Waals surface area contributed by atoms with Crippen molar-refractivity contribution in [3.8, 4) is 11.5 Å². The normalized spacial score (nSPS) is 10.5. The molecule has 4 aromatic rings. The van der Waals surface area contributed by atoms with Crippen LogP contribution in [0.15, 0.2) is 77.2 Å². The lowest BCUT2D eigenvalue weighted by molar-refractivity contribution is 0.101. The van der Waals surface area contributed by atoms with E-state index in [1.54, 1.807) is 72.8 Å². The third-order valence-corrected chi connectivity index (χ3v) is 4.93. The van der Waals surface area contributed by atoms with Gasteiger partial charge in [0, 0.05) is 11.3 Å². The molecule has 3 aromatic carbocycles. The first kappa shape index (κ1) is 20.6. The Balaban J connectivity index is 1.44. The van der Waals surface area contributed by atoms with E-state index in [4.69, 9.17) is 27.6 Å². The average Bonchev–Trinajstić information content (AvgIpc) is 3.23. The number of nitrogens with one attached hydrogen (secondary N) is 2. The fraction of sp³-hybridized carbons (Fsp3) is 0. The number of amides is 2. The summed E-state index contributed by atoms with van der Waals surface area (Å²) in [7, 11) is 0. The van der Waals surface area contributed by atoms with Gasteiger partial charge in [0.25, 0.3) is 11.8 Å². The maximum atomic E-state index is 12.4. The number of nitrogens with zero attached hydrogens (tertiary/aromatic N) is 2. The molecule has 0 saturated heterocycles. The molecule has 0 bridgehead atoms. The van der Waals surface area contributed by atoms with E-state index in [9.17, 15) is 9.59 Å². The van der Waals surface area contributed by atoms with Crippen molar-refractivity contribution < 1.29 is 14.0 Å². The summed E-state index contributed by atoms with van der Waals surface area (Å²) >= 11 is 12.1. The zero-order valence-electron chi connectivity index (χ0n) is 15.8. The number of carbonyl (C=O) groups excluding carboxylic acids is 2. The van der Waals surface area contributed by atoms with E-state index in [-0.39, 0.29) is 17.8 Å². The summed E-state index contributed by atoms with van der Waals surface area (Å²) in [5.41, 5.74) is 1.86. The summed E-state index contributed by atoms with van der Waals surface area (Å²) in [5, 5.41) is 13.7. The first-order valence-electron chi connectivity index (χ1n) is 9.07. The fourth-order valence-corrected chi connectivity index (χ4v) is 3.18. The van der Waals surface area contributed by atoms with Crippen LogP contribution in [0.3, 0.4) is 0 Å². The maximum absolute atomic E-state index is 12.4. The Hall–Kier alpha value is -3.68. The monoisotopic (exact) mass is 452 g/mol. The number of hydrogen-bond acceptors (Lipinski definition) is 5. The Kier molecular flexibility index (Phi) is 5.97. The van der Waals surface area contributed by atoms with E-state index in [0.29, 0.717) is 32.4 Å². The van der Waals surface area contributed by atoms with Crippen LogP contribution < -0.4 is 10.6 Å². The van der Waals surface area contributed by atoms with Gasteiger partial charge in [0.15, 0.2) is 0 Å². The number of rotatable bonds is 5. The van der Waals surface area contributed by atoms with E-state index >= 15 is 0 Å². The highest BCUT2D eigenvalue weighted by Crippen LogP contribution is 2.24. The van der Waals surface area contributed by atoms with Crippen LogP contribution in [0.4, 0.5) is 11.7 Å². The van der Waals surface area contributed by atoms with E-state index in [1.165, 1.54) is 0 Å². The molecular formula is C22H14Cl2N4O3. The van der Waals surface area contributed by atoms with Crippen LogP contribution in [0.1, 0.15) is 20.7 Å².